The first-order valence-electron chi connectivity index (χ1n) is 11.9. The van der Waals surface area contributed by atoms with Gasteiger partial charge in [-0.25, -0.2) is 4.98 Å². The van der Waals surface area contributed by atoms with Gasteiger partial charge in [-0.05, 0) is 24.0 Å². The van der Waals surface area contributed by atoms with Crippen molar-refractivity contribution in [3.05, 3.63) is 48.5 Å². The molecule has 0 aliphatic heterocycles. The van der Waals surface area contributed by atoms with E-state index >= 15 is 0 Å². The number of benzene rings is 1. The number of imidazole rings is 1. The minimum Gasteiger partial charge on any atom is -0.306 e. The lowest BCUT2D eigenvalue weighted by atomic mass is 9.93. The Morgan fingerprint density at radius 2 is 1.36 bits per heavy atom. The van der Waals surface area contributed by atoms with E-state index in [1.807, 2.05) is 18.7 Å². The van der Waals surface area contributed by atoms with Gasteiger partial charge in [0.1, 0.15) is 0 Å². The van der Waals surface area contributed by atoms with Gasteiger partial charge in [0, 0.05) is 18.1 Å². The maximum Gasteiger partial charge on any atom is 0.0991 e. The highest BCUT2D eigenvalue weighted by Crippen LogP contribution is 2.27. The fourth-order valence-corrected chi connectivity index (χ4v) is 4.16. The van der Waals surface area contributed by atoms with Gasteiger partial charge in [-0.2, -0.15) is 0 Å². The number of hydrogen-bond donors (Lipinski definition) is 0. The molecular formula is C26H42N2. The summed E-state index contributed by atoms with van der Waals surface area (Å²) in [5, 5.41) is 0. The molecule has 1 heterocycles. The van der Waals surface area contributed by atoms with E-state index in [1.54, 1.807) is 0 Å². The summed E-state index contributed by atoms with van der Waals surface area (Å²) in [6.07, 6.45) is 25.6. The molecule has 0 aliphatic carbocycles. The van der Waals surface area contributed by atoms with E-state index in [4.69, 9.17) is 0 Å². The zero-order valence-electron chi connectivity index (χ0n) is 18.4. The predicted octanol–water partition coefficient (Wildman–Crippen LogP) is 8.46. The Bertz CT molecular complexity index is 603. The van der Waals surface area contributed by atoms with E-state index in [0.717, 1.165) is 0 Å². The molecule has 2 rings (SSSR count). The first-order valence-corrected chi connectivity index (χ1v) is 11.9. The van der Waals surface area contributed by atoms with Crippen molar-refractivity contribution in [3.63, 3.8) is 0 Å². The summed E-state index contributed by atoms with van der Waals surface area (Å²) < 4.78 is 2.13. The van der Waals surface area contributed by atoms with Crippen LogP contribution in [0.1, 0.15) is 115 Å². The van der Waals surface area contributed by atoms with Crippen molar-refractivity contribution in [1.29, 1.82) is 0 Å². The molecule has 0 fully saturated rings. The lowest BCUT2D eigenvalue weighted by molar-refractivity contribution is 0.526. The van der Waals surface area contributed by atoms with Gasteiger partial charge in [0.25, 0.3) is 0 Å². The molecule has 1 aromatic carbocycles. The van der Waals surface area contributed by atoms with Crippen molar-refractivity contribution < 1.29 is 0 Å². The third-order valence-corrected chi connectivity index (χ3v) is 5.99. The number of hydrogen-bond acceptors (Lipinski definition) is 1. The first-order chi connectivity index (χ1) is 13.8. The molecule has 0 N–H and O–H groups in total. The summed E-state index contributed by atoms with van der Waals surface area (Å²) in [6, 6.07) is 8.77. The molecule has 2 heteroatoms. The molecule has 0 aliphatic rings. The molecule has 2 nitrogen and oxygen atoms in total. The van der Waals surface area contributed by atoms with E-state index in [1.165, 1.54) is 101 Å². The number of nitrogens with zero attached hydrogens (tertiary/aromatic N) is 2. The largest absolute Gasteiger partial charge is 0.306 e. The Morgan fingerprint density at radius 3 is 1.93 bits per heavy atom. The number of rotatable bonds is 16. The molecule has 0 spiro atoms. The van der Waals surface area contributed by atoms with Crippen molar-refractivity contribution in [2.24, 2.45) is 0 Å². The summed E-state index contributed by atoms with van der Waals surface area (Å²) >= 11 is 0. The molecule has 0 radical (unpaired) electrons. The molecule has 1 atom stereocenters. The van der Waals surface area contributed by atoms with Crippen LogP contribution in [0.5, 0.6) is 0 Å². The summed E-state index contributed by atoms with van der Waals surface area (Å²) in [7, 11) is 0. The summed E-state index contributed by atoms with van der Waals surface area (Å²) in [4.78, 5) is 4.20. The molecule has 156 valence electrons. The Labute approximate surface area is 173 Å². The Morgan fingerprint density at radius 1 is 0.786 bits per heavy atom. The van der Waals surface area contributed by atoms with Gasteiger partial charge >= 0.3 is 0 Å². The zero-order chi connectivity index (χ0) is 19.9. The highest BCUT2D eigenvalue weighted by Gasteiger charge is 2.11. The minimum absolute atomic E-state index is 0.603. The number of para-hydroxylation sites is 1. The smallest absolute Gasteiger partial charge is 0.0991 e. The van der Waals surface area contributed by atoms with E-state index in [2.05, 4.69) is 47.7 Å². The molecule has 0 saturated carbocycles. The third kappa shape index (κ3) is 8.63. The lowest BCUT2D eigenvalue weighted by Crippen LogP contribution is -2.01. The summed E-state index contributed by atoms with van der Waals surface area (Å²) in [5.74, 6) is 0.603. The van der Waals surface area contributed by atoms with Crippen LogP contribution in [0, 0.1) is 0 Å². The van der Waals surface area contributed by atoms with Crippen LogP contribution in [-0.2, 0) is 0 Å². The Balaban J connectivity index is 1.51. The summed E-state index contributed by atoms with van der Waals surface area (Å²) in [6.45, 7) is 4.66. The van der Waals surface area contributed by atoms with Gasteiger partial charge in [0.15, 0.2) is 0 Å². The first kappa shape index (κ1) is 22.7. The molecule has 0 bridgehead atoms. The molecule has 1 aromatic heterocycles. The molecular weight excluding hydrogens is 340 g/mol. The maximum absolute atomic E-state index is 4.20. The van der Waals surface area contributed by atoms with Crippen molar-refractivity contribution in [1.82, 2.24) is 9.55 Å². The van der Waals surface area contributed by atoms with Crippen LogP contribution in [0.15, 0.2) is 43.0 Å². The summed E-state index contributed by atoms with van der Waals surface area (Å²) in [5.41, 5.74) is 2.72. The van der Waals surface area contributed by atoms with Crippen molar-refractivity contribution in [3.8, 4) is 5.69 Å². The van der Waals surface area contributed by atoms with E-state index < -0.39 is 0 Å². The van der Waals surface area contributed by atoms with Crippen LogP contribution in [0.4, 0.5) is 0 Å². The van der Waals surface area contributed by atoms with E-state index in [9.17, 15) is 0 Å². The van der Waals surface area contributed by atoms with E-state index in [-0.39, 0.29) is 0 Å². The maximum atomic E-state index is 4.20. The second-order valence-electron chi connectivity index (χ2n) is 8.46. The van der Waals surface area contributed by atoms with Crippen LogP contribution >= 0.6 is 0 Å². The minimum atomic E-state index is 0.603. The molecule has 2 aromatic rings. The highest BCUT2D eigenvalue weighted by molar-refractivity contribution is 5.42. The van der Waals surface area contributed by atoms with Gasteiger partial charge in [0.05, 0.1) is 6.33 Å². The second kappa shape index (κ2) is 14.4. The topological polar surface area (TPSA) is 17.8 Å². The number of unbranched alkanes of at least 4 members (excludes halogenated alkanes) is 12. The third-order valence-electron chi connectivity index (χ3n) is 5.99. The Hall–Kier alpha value is -1.57. The van der Waals surface area contributed by atoms with Crippen molar-refractivity contribution in [2.45, 2.75) is 110 Å². The van der Waals surface area contributed by atoms with E-state index in [0.29, 0.717) is 5.92 Å². The molecule has 0 saturated heterocycles. The fraction of sp³-hybridized carbons (Fsp3) is 0.654. The standard InChI is InChI=1S/C26H42N2/c1-3-4-5-6-7-8-9-10-11-12-13-14-15-18-24(2)25-19-16-17-20-26(25)28-22-21-27-23-28/h16-17,19-24H,3-15,18H2,1-2H3/t24-/m0/s1. The average molecular weight is 383 g/mol. The average Bonchev–Trinajstić information content (AvgIpc) is 3.26. The van der Waals surface area contributed by atoms with Gasteiger partial charge in [-0.15, -0.1) is 0 Å². The highest BCUT2D eigenvalue weighted by atomic mass is 15.0. The normalized spacial score (nSPS) is 12.4. The molecule has 0 unspecified atom stereocenters. The van der Waals surface area contributed by atoms with Crippen LogP contribution in [-0.4, -0.2) is 9.55 Å². The van der Waals surface area contributed by atoms with Crippen LogP contribution in [0.3, 0.4) is 0 Å². The van der Waals surface area contributed by atoms with Crippen molar-refractivity contribution >= 4 is 0 Å². The van der Waals surface area contributed by atoms with Crippen LogP contribution in [0.25, 0.3) is 5.69 Å². The Kier molecular flexibility index (Phi) is 11.7. The SMILES string of the molecule is CCCCCCCCCCCCCCC[C@H](C)c1ccccc1-n1ccnc1. The van der Waals surface area contributed by atoms with Gasteiger partial charge in [0.2, 0.25) is 0 Å². The monoisotopic (exact) mass is 382 g/mol. The second-order valence-corrected chi connectivity index (χ2v) is 8.46. The zero-order valence-corrected chi connectivity index (χ0v) is 18.4. The molecule has 0 amide bonds. The van der Waals surface area contributed by atoms with Crippen LogP contribution < -0.4 is 0 Å². The van der Waals surface area contributed by atoms with Gasteiger partial charge in [-0.3, -0.25) is 0 Å². The van der Waals surface area contributed by atoms with Gasteiger partial charge < -0.3 is 4.57 Å². The van der Waals surface area contributed by atoms with Gasteiger partial charge in [-0.1, -0.05) is 116 Å². The number of aromatic nitrogens is 2. The molecule has 28 heavy (non-hydrogen) atoms. The lowest BCUT2D eigenvalue weighted by Gasteiger charge is -2.17. The van der Waals surface area contributed by atoms with Crippen LogP contribution in [0.2, 0.25) is 0 Å². The fourth-order valence-electron chi connectivity index (χ4n) is 4.16. The van der Waals surface area contributed by atoms with Crippen molar-refractivity contribution in [2.75, 3.05) is 0 Å². The quantitative estimate of drug-likeness (QED) is 0.266. The predicted molar refractivity (Wildman–Crippen MR) is 122 cm³/mol.